The molecule has 0 saturated carbocycles. The van der Waals surface area contributed by atoms with Gasteiger partial charge >= 0.3 is 5.51 Å². The molecule has 0 radical (unpaired) electrons. The highest BCUT2D eigenvalue weighted by Gasteiger charge is 2.33. The van der Waals surface area contributed by atoms with Gasteiger partial charge in [-0.1, -0.05) is 17.7 Å². The van der Waals surface area contributed by atoms with Gasteiger partial charge in [0, 0.05) is 13.1 Å². The van der Waals surface area contributed by atoms with Gasteiger partial charge in [0.25, 0.3) is 0 Å². The van der Waals surface area contributed by atoms with Crippen molar-refractivity contribution in [3.8, 4) is 0 Å². The Bertz CT molecular complexity index is 571. The molecule has 0 bridgehead atoms. The van der Waals surface area contributed by atoms with E-state index >= 15 is 0 Å². The van der Waals surface area contributed by atoms with Crippen molar-refractivity contribution in [3.05, 3.63) is 29.8 Å². The highest BCUT2D eigenvalue weighted by molar-refractivity contribution is 8.07. The van der Waals surface area contributed by atoms with E-state index < -0.39 is 27.4 Å². The van der Waals surface area contributed by atoms with Crippen molar-refractivity contribution >= 4 is 21.9 Å². The summed E-state index contributed by atoms with van der Waals surface area (Å²) in [6, 6.07) is 6.66. The molecule has 1 aromatic carbocycles. The van der Waals surface area contributed by atoms with Crippen molar-refractivity contribution in [2.45, 2.75) is 30.2 Å². The Hall–Kier alpha value is -0.730. The fourth-order valence-corrected chi connectivity index (χ4v) is 4.99. The number of halogens is 3. The van der Waals surface area contributed by atoms with Crippen LogP contribution in [0.3, 0.4) is 0 Å². The predicted octanol–water partition coefficient (Wildman–Crippen LogP) is 4.00. The van der Waals surface area contributed by atoms with Crippen molar-refractivity contribution in [3.63, 3.8) is 0 Å². The van der Waals surface area contributed by atoms with E-state index in [1.807, 2.05) is 6.92 Å². The lowest BCUT2D eigenvalue weighted by molar-refractivity contribution is -0.0327. The first-order valence-electron chi connectivity index (χ1n) is 6.14. The topological polar surface area (TPSA) is 32.7 Å². The molecule has 2 rings (SSSR count). The zero-order valence-corrected chi connectivity index (χ0v) is 12.5. The van der Waals surface area contributed by atoms with Gasteiger partial charge in [-0.05, 0) is 31.9 Å². The summed E-state index contributed by atoms with van der Waals surface area (Å²) in [6.45, 7) is 2.88. The van der Waals surface area contributed by atoms with E-state index in [0.717, 1.165) is 18.4 Å². The summed E-state index contributed by atoms with van der Waals surface area (Å²) in [7, 11) is -3.19. The van der Waals surface area contributed by atoms with Crippen LogP contribution in [0.2, 0.25) is 0 Å². The van der Waals surface area contributed by atoms with Crippen LogP contribution >= 0.6 is 11.9 Å². The molecule has 1 aromatic rings. The van der Waals surface area contributed by atoms with Gasteiger partial charge < -0.3 is 0 Å². The average molecular weight is 324 g/mol. The maximum Gasteiger partial charge on any atom is 0.464 e. The lowest BCUT2D eigenvalue weighted by Gasteiger charge is -2.20. The maximum atomic E-state index is 13.0. The third kappa shape index (κ3) is 3.67. The summed E-state index contributed by atoms with van der Waals surface area (Å²) < 4.78 is 55.1. The fourth-order valence-electron chi connectivity index (χ4n) is 1.98. The van der Waals surface area contributed by atoms with Crippen LogP contribution in [0.5, 0.6) is 0 Å². The van der Waals surface area contributed by atoms with E-state index in [1.54, 1.807) is 28.6 Å². The van der Waals surface area contributed by atoms with Gasteiger partial charge in [0.1, 0.15) is 0 Å². The lowest BCUT2D eigenvalue weighted by atomic mass is 10.2. The molecule has 0 aliphatic carbocycles. The summed E-state index contributed by atoms with van der Waals surface area (Å²) in [5.74, 6) is 0. The van der Waals surface area contributed by atoms with Crippen molar-refractivity contribution < 1.29 is 17.4 Å². The third-order valence-electron chi connectivity index (χ3n) is 2.98. The molecule has 20 heavy (non-hydrogen) atoms. The van der Waals surface area contributed by atoms with E-state index in [-0.39, 0.29) is 0 Å². The summed E-state index contributed by atoms with van der Waals surface area (Å²) in [5.41, 5.74) is -3.56. The highest BCUT2D eigenvalue weighted by Crippen LogP contribution is 2.35. The Morgan fingerprint density at radius 3 is 2.25 bits per heavy atom. The standard InChI is InChI=1S/C12H15F3N2OS2/c1-10-4-6-11(7-5-10)20(18,16-19-12(13,14)15)17-8-2-3-9-17/h4-7H,2-3,8-9H2,1H3. The molecule has 0 N–H and O–H groups in total. The van der Waals surface area contributed by atoms with E-state index in [0.29, 0.717) is 18.0 Å². The number of benzene rings is 1. The highest BCUT2D eigenvalue weighted by atomic mass is 32.3. The maximum absolute atomic E-state index is 13.0. The minimum absolute atomic E-state index is 0.335. The Kier molecular flexibility index (Phi) is 4.66. The smallest absolute Gasteiger partial charge is 0.227 e. The molecule has 1 saturated heterocycles. The second kappa shape index (κ2) is 5.95. The Morgan fingerprint density at radius 1 is 1.20 bits per heavy atom. The third-order valence-corrected chi connectivity index (χ3v) is 6.25. The molecule has 0 aromatic heterocycles. The zero-order chi connectivity index (χ0) is 14.8. The SMILES string of the molecule is Cc1ccc(S(=O)(=NSC(F)(F)F)N2CCCC2)cc1. The van der Waals surface area contributed by atoms with E-state index in [1.165, 1.54) is 0 Å². The van der Waals surface area contributed by atoms with Gasteiger partial charge in [-0.3, -0.25) is 0 Å². The van der Waals surface area contributed by atoms with Gasteiger partial charge in [-0.25, -0.2) is 8.51 Å². The summed E-state index contributed by atoms with van der Waals surface area (Å²) in [6.07, 6.45) is 1.66. The fraction of sp³-hybridized carbons (Fsp3) is 0.500. The Morgan fingerprint density at radius 2 is 1.75 bits per heavy atom. The molecule has 1 heterocycles. The molecule has 1 aliphatic heterocycles. The van der Waals surface area contributed by atoms with Crippen molar-refractivity contribution in [2.24, 2.45) is 3.77 Å². The van der Waals surface area contributed by atoms with Crippen LogP contribution in [0.15, 0.2) is 32.9 Å². The molecule has 0 amide bonds. The van der Waals surface area contributed by atoms with Gasteiger partial charge in [0.15, 0.2) is 9.92 Å². The normalized spacial score (nSPS) is 19.8. The number of rotatable bonds is 3. The summed E-state index contributed by atoms with van der Waals surface area (Å²) >= 11 is -0.566. The van der Waals surface area contributed by atoms with Crippen LogP contribution in [-0.4, -0.2) is 27.1 Å². The molecule has 8 heteroatoms. The molecule has 3 nitrogen and oxygen atoms in total. The van der Waals surface area contributed by atoms with Crippen LogP contribution in [0.1, 0.15) is 18.4 Å². The number of alkyl halides is 3. The largest absolute Gasteiger partial charge is 0.464 e. The monoisotopic (exact) mass is 324 g/mol. The first kappa shape index (κ1) is 15.7. The second-order valence-electron chi connectivity index (χ2n) is 4.56. The van der Waals surface area contributed by atoms with Gasteiger partial charge in [-0.15, -0.1) is 3.77 Å². The first-order valence-corrected chi connectivity index (χ1v) is 8.39. The number of hydrogen-bond donors (Lipinski definition) is 0. The molecule has 1 fully saturated rings. The van der Waals surface area contributed by atoms with Crippen molar-refractivity contribution in [2.75, 3.05) is 13.1 Å². The van der Waals surface area contributed by atoms with Crippen LogP contribution in [0.4, 0.5) is 13.2 Å². The van der Waals surface area contributed by atoms with E-state index in [4.69, 9.17) is 0 Å². The van der Waals surface area contributed by atoms with Crippen molar-refractivity contribution in [1.29, 1.82) is 0 Å². The average Bonchev–Trinajstić information content (AvgIpc) is 2.90. The van der Waals surface area contributed by atoms with Crippen LogP contribution in [-0.2, 0) is 9.92 Å². The molecular weight excluding hydrogens is 309 g/mol. The Balaban J connectivity index is 2.43. The van der Waals surface area contributed by atoms with Gasteiger partial charge in [0.05, 0.1) is 16.8 Å². The minimum atomic E-state index is -4.52. The quantitative estimate of drug-likeness (QED) is 0.787. The Labute approximate surface area is 121 Å². The first-order chi connectivity index (χ1) is 9.31. The van der Waals surface area contributed by atoms with Crippen LogP contribution in [0, 0.1) is 6.92 Å². The van der Waals surface area contributed by atoms with Gasteiger partial charge in [-0.2, -0.15) is 13.2 Å². The number of nitrogens with zero attached hydrogens (tertiary/aromatic N) is 2. The number of hydrogen-bond acceptors (Lipinski definition) is 3. The van der Waals surface area contributed by atoms with Crippen molar-refractivity contribution in [1.82, 2.24) is 4.31 Å². The lowest BCUT2D eigenvalue weighted by Crippen LogP contribution is -2.27. The molecule has 1 atom stereocenters. The van der Waals surface area contributed by atoms with Crippen LogP contribution in [0.25, 0.3) is 0 Å². The molecule has 1 aliphatic rings. The zero-order valence-electron chi connectivity index (χ0n) is 10.9. The minimum Gasteiger partial charge on any atom is -0.227 e. The van der Waals surface area contributed by atoms with Crippen LogP contribution < -0.4 is 0 Å². The van der Waals surface area contributed by atoms with E-state index in [2.05, 4.69) is 3.77 Å². The van der Waals surface area contributed by atoms with Gasteiger partial charge in [0.2, 0.25) is 0 Å². The molecular formula is C12H15F3N2OS2. The summed E-state index contributed by atoms with van der Waals surface area (Å²) in [4.78, 5) is 0.335. The second-order valence-corrected chi connectivity index (χ2v) is 7.78. The molecule has 0 spiro atoms. The van der Waals surface area contributed by atoms with E-state index in [9.17, 15) is 17.4 Å². The molecule has 1 unspecified atom stereocenters. The predicted molar refractivity (Wildman–Crippen MR) is 74.5 cm³/mol. The summed E-state index contributed by atoms with van der Waals surface area (Å²) in [5, 5.41) is 0. The number of aryl methyl sites for hydroxylation is 1. The molecule has 112 valence electrons.